The van der Waals surface area contributed by atoms with Crippen LogP contribution < -0.4 is 0 Å². The number of fused-ring (bicyclic) bond motifs is 4. The van der Waals surface area contributed by atoms with Crippen molar-refractivity contribution in [2.75, 3.05) is 26.2 Å². The van der Waals surface area contributed by atoms with Gasteiger partial charge >= 0.3 is 0 Å². The van der Waals surface area contributed by atoms with Crippen LogP contribution in [0.5, 0.6) is 0 Å². The molecule has 5 heteroatoms. The minimum Gasteiger partial charge on any atom is -0.337 e. The predicted octanol–water partition coefficient (Wildman–Crippen LogP) is 3.82. The van der Waals surface area contributed by atoms with Crippen molar-refractivity contribution in [1.82, 2.24) is 9.80 Å². The summed E-state index contributed by atoms with van der Waals surface area (Å²) in [5.41, 5.74) is 0.406. The highest BCUT2D eigenvalue weighted by atomic mass is 35.5. The van der Waals surface area contributed by atoms with Gasteiger partial charge in [0.15, 0.2) is 0 Å². The summed E-state index contributed by atoms with van der Waals surface area (Å²) in [5, 5.41) is 0.0640. The first-order valence-corrected chi connectivity index (χ1v) is 9.46. The minimum atomic E-state index is -0.521. The molecule has 24 heavy (non-hydrogen) atoms. The molecule has 0 aromatic heterocycles. The van der Waals surface area contributed by atoms with Gasteiger partial charge in [-0.05, 0) is 55.7 Å². The lowest BCUT2D eigenvalue weighted by Gasteiger charge is -2.40. The van der Waals surface area contributed by atoms with Crippen LogP contribution in [0, 0.1) is 17.7 Å². The third-order valence-corrected chi connectivity index (χ3v) is 6.30. The molecule has 5 rings (SSSR count). The fourth-order valence-corrected chi connectivity index (χ4v) is 4.50. The van der Waals surface area contributed by atoms with Gasteiger partial charge in [-0.1, -0.05) is 18.0 Å². The molecule has 0 radical (unpaired) electrons. The van der Waals surface area contributed by atoms with Gasteiger partial charge in [0.2, 0.25) is 0 Å². The second-order valence-corrected chi connectivity index (χ2v) is 8.09. The van der Waals surface area contributed by atoms with Crippen molar-refractivity contribution in [2.24, 2.45) is 11.8 Å². The molecule has 4 fully saturated rings. The van der Waals surface area contributed by atoms with Crippen LogP contribution in [0.3, 0.4) is 0 Å². The number of nitrogens with zero attached hydrogens (tertiary/aromatic N) is 2. The SMILES string of the molecule is O=C(c1ccc(Cl)c(F)c1)N1C[C@H]2CC[C@@H](C1)N(CC1CCC1)C2. The molecule has 2 bridgehead atoms. The van der Waals surface area contributed by atoms with Crippen molar-refractivity contribution in [2.45, 2.75) is 38.1 Å². The number of amides is 1. The van der Waals surface area contributed by atoms with E-state index in [4.69, 9.17) is 11.6 Å². The van der Waals surface area contributed by atoms with E-state index in [2.05, 4.69) is 4.90 Å². The number of carbonyl (C=O) groups is 1. The Hall–Kier alpha value is -1.13. The van der Waals surface area contributed by atoms with Crippen molar-refractivity contribution in [3.8, 4) is 0 Å². The number of rotatable bonds is 3. The van der Waals surface area contributed by atoms with Gasteiger partial charge in [0.1, 0.15) is 5.82 Å². The van der Waals surface area contributed by atoms with Gasteiger partial charge in [0.05, 0.1) is 5.02 Å². The average molecular weight is 351 g/mol. The van der Waals surface area contributed by atoms with Crippen LogP contribution in [0.1, 0.15) is 42.5 Å². The predicted molar refractivity (Wildman–Crippen MR) is 92.7 cm³/mol. The molecule has 3 saturated heterocycles. The number of carbonyl (C=O) groups excluding carboxylic acids is 1. The number of halogens is 2. The lowest BCUT2D eigenvalue weighted by molar-refractivity contribution is 0.0717. The van der Waals surface area contributed by atoms with E-state index in [1.165, 1.54) is 50.8 Å². The maximum atomic E-state index is 13.7. The molecule has 0 spiro atoms. The summed E-state index contributed by atoms with van der Waals surface area (Å²) in [6, 6.07) is 4.83. The Kier molecular flexibility index (Phi) is 4.52. The summed E-state index contributed by atoms with van der Waals surface area (Å²) >= 11 is 5.73. The Morgan fingerprint density at radius 2 is 2.00 bits per heavy atom. The van der Waals surface area contributed by atoms with Crippen molar-refractivity contribution in [1.29, 1.82) is 0 Å². The largest absolute Gasteiger partial charge is 0.337 e. The summed E-state index contributed by atoms with van der Waals surface area (Å²) in [5.74, 6) is 0.823. The third-order valence-electron chi connectivity index (χ3n) is 6.00. The van der Waals surface area contributed by atoms with Gasteiger partial charge in [-0.25, -0.2) is 4.39 Å². The molecule has 4 aliphatic rings. The van der Waals surface area contributed by atoms with Crippen molar-refractivity contribution >= 4 is 17.5 Å². The molecule has 0 N–H and O–H groups in total. The van der Waals surface area contributed by atoms with Crippen LogP contribution in [-0.4, -0.2) is 47.9 Å². The van der Waals surface area contributed by atoms with Gasteiger partial charge in [0, 0.05) is 37.8 Å². The molecular formula is C19H24ClFN2O. The average Bonchev–Trinajstić information content (AvgIpc) is 2.84. The third kappa shape index (κ3) is 3.18. The van der Waals surface area contributed by atoms with E-state index in [0.717, 1.165) is 25.6 Å². The Morgan fingerprint density at radius 3 is 2.71 bits per heavy atom. The highest BCUT2D eigenvalue weighted by Gasteiger charge is 2.38. The maximum Gasteiger partial charge on any atom is 0.254 e. The van der Waals surface area contributed by atoms with Crippen LogP contribution in [0.4, 0.5) is 4.39 Å². The topological polar surface area (TPSA) is 23.6 Å². The summed E-state index contributed by atoms with van der Waals surface area (Å²) in [6.45, 7) is 3.87. The maximum absolute atomic E-state index is 13.7. The van der Waals surface area contributed by atoms with Gasteiger partial charge < -0.3 is 4.90 Å². The lowest BCUT2D eigenvalue weighted by atomic mass is 9.83. The standard InChI is InChI=1S/C19H24ClFN2O/c20-17-7-5-15(8-18(17)21)19(24)23-11-14-4-6-16(12-23)22(10-14)9-13-2-1-3-13/h5,7-8,13-14,16H,1-4,6,9-12H2/t14-,16-/m0/s1. The Morgan fingerprint density at radius 1 is 1.17 bits per heavy atom. The molecule has 3 heterocycles. The number of hydrogen-bond donors (Lipinski definition) is 0. The van der Waals surface area contributed by atoms with Crippen molar-refractivity contribution in [3.63, 3.8) is 0 Å². The van der Waals surface area contributed by atoms with Crippen LogP contribution in [0.2, 0.25) is 5.02 Å². The van der Waals surface area contributed by atoms with E-state index in [1.807, 2.05) is 4.90 Å². The Bertz CT molecular complexity index is 634. The number of piperidine rings is 1. The second kappa shape index (κ2) is 6.64. The first kappa shape index (κ1) is 16.3. The zero-order chi connectivity index (χ0) is 16.7. The van der Waals surface area contributed by atoms with Crippen LogP contribution in [0.25, 0.3) is 0 Å². The molecule has 1 amide bonds. The first-order valence-electron chi connectivity index (χ1n) is 9.08. The van der Waals surface area contributed by atoms with E-state index < -0.39 is 5.82 Å². The van der Waals surface area contributed by atoms with Crippen molar-refractivity contribution < 1.29 is 9.18 Å². The molecule has 1 saturated carbocycles. The van der Waals surface area contributed by atoms with E-state index in [1.54, 1.807) is 6.07 Å². The smallest absolute Gasteiger partial charge is 0.254 e. The molecule has 1 aliphatic carbocycles. The molecule has 0 unspecified atom stereocenters. The second-order valence-electron chi connectivity index (χ2n) is 7.69. The minimum absolute atomic E-state index is 0.0621. The van der Waals surface area contributed by atoms with Gasteiger partial charge in [0.25, 0.3) is 5.91 Å². The summed E-state index contributed by atoms with van der Waals surface area (Å²) in [7, 11) is 0. The number of hydrogen-bond acceptors (Lipinski definition) is 2. The van der Waals surface area contributed by atoms with Crippen LogP contribution >= 0.6 is 11.6 Å². The Labute approximate surface area is 147 Å². The highest BCUT2D eigenvalue weighted by molar-refractivity contribution is 6.30. The van der Waals surface area contributed by atoms with Crippen molar-refractivity contribution in [3.05, 3.63) is 34.6 Å². The normalized spacial score (nSPS) is 27.8. The van der Waals surface area contributed by atoms with Gasteiger partial charge in [-0.2, -0.15) is 0 Å². The Balaban J connectivity index is 1.48. The zero-order valence-corrected chi connectivity index (χ0v) is 14.6. The molecule has 2 atom stereocenters. The molecule has 3 aliphatic heterocycles. The van der Waals surface area contributed by atoms with Gasteiger partial charge in [-0.15, -0.1) is 0 Å². The van der Waals surface area contributed by atoms with E-state index in [0.29, 0.717) is 17.5 Å². The fourth-order valence-electron chi connectivity index (χ4n) is 4.39. The monoisotopic (exact) mass is 350 g/mol. The van der Waals surface area contributed by atoms with Crippen LogP contribution in [-0.2, 0) is 0 Å². The lowest BCUT2D eigenvalue weighted by Crippen LogP contribution is -2.47. The first-order chi connectivity index (χ1) is 11.6. The number of benzene rings is 1. The van der Waals surface area contributed by atoms with Crippen LogP contribution in [0.15, 0.2) is 18.2 Å². The molecule has 130 valence electrons. The highest BCUT2D eigenvalue weighted by Crippen LogP contribution is 2.33. The molecule has 1 aromatic rings. The van der Waals surface area contributed by atoms with E-state index >= 15 is 0 Å². The quantitative estimate of drug-likeness (QED) is 0.827. The zero-order valence-electron chi connectivity index (χ0n) is 13.9. The van der Waals surface area contributed by atoms with Gasteiger partial charge in [-0.3, -0.25) is 9.69 Å². The van der Waals surface area contributed by atoms with E-state index in [-0.39, 0.29) is 10.9 Å². The molecular weight excluding hydrogens is 327 g/mol. The fraction of sp³-hybridized carbons (Fsp3) is 0.632. The summed E-state index contributed by atoms with van der Waals surface area (Å²) < 4.78 is 13.7. The van der Waals surface area contributed by atoms with E-state index in [9.17, 15) is 9.18 Å². The summed E-state index contributed by atoms with van der Waals surface area (Å²) in [6.07, 6.45) is 6.47. The molecule has 1 aromatic carbocycles. The summed E-state index contributed by atoms with van der Waals surface area (Å²) in [4.78, 5) is 17.4. The molecule has 3 nitrogen and oxygen atoms in total.